The van der Waals surface area contributed by atoms with Crippen LogP contribution < -0.4 is 0 Å². The molecule has 1 heteroatoms. The molecular weight excluding hydrogens is 278 g/mol. The molecule has 0 saturated carbocycles. The fraction of sp³-hybridized carbons (Fsp3) is 0.909. The van der Waals surface area contributed by atoms with Crippen LogP contribution in [0.1, 0.15) is 93.9 Å². The molecule has 3 unspecified atom stereocenters. The molecule has 1 aliphatic rings. The first-order valence-electron chi connectivity index (χ1n) is 9.88. The van der Waals surface area contributed by atoms with Gasteiger partial charge in [0, 0.05) is 12.1 Å². The molecule has 0 amide bonds. The first-order chi connectivity index (χ1) is 10.5. The maximum Gasteiger partial charge on any atom is 0.0371 e. The molecule has 0 aromatic heterocycles. The van der Waals surface area contributed by atoms with Gasteiger partial charge in [-0.25, -0.2) is 0 Å². The van der Waals surface area contributed by atoms with Crippen LogP contribution in [0.4, 0.5) is 0 Å². The Hall–Kier alpha value is -0.460. The highest BCUT2D eigenvalue weighted by Crippen LogP contribution is 2.43. The number of rotatable bonds is 3. The van der Waals surface area contributed by atoms with Crippen molar-refractivity contribution in [2.45, 2.75) is 99.5 Å². The minimum atomic E-state index is 0.220. The quantitative estimate of drug-likeness (QED) is 0.547. The normalized spacial score (nSPS) is 35.4. The van der Waals surface area contributed by atoms with Gasteiger partial charge in [0.15, 0.2) is 0 Å². The van der Waals surface area contributed by atoms with Gasteiger partial charge in [-0.3, -0.25) is 0 Å². The lowest BCUT2D eigenvalue weighted by Gasteiger charge is -2.47. The maximum atomic E-state index is 4.17. The van der Waals surface area contributed by atoms with Crippen LogP contribution in [-0.4, -0.2) is 17.0 Å². The highest BCUT2D eigenvalue weighted by Gasteiger charge is 2.39. The minimum Gasteiger partial charge on any atom is -0.372 e. The molecule has 1 fully saturated rings. The lowest BCUT2D eigenvalue weighted by Crippen LogP contribution is -2.49. The zero-order valence-electron chi connectivity index (χ0n) is 17.3. The third-order valence-corrected chi connectivity index (χ3v) is 6.55. The Bertz CT molecular complexity index is 381. The van der Waals surface area contributed by atoms with Crippen LogP contribution >= 0.6 is 0 Å². The lowest BCUT2D eigenvalue weighted by molar-refractivity contribution is 0.0584. The van der Waals surface area contributed by atoms with Crippen LogP contribution in [0.25, 0.3) is 0 Å². The van der Waals surface area contributed by atoms with Gasteiger partial charge < -0.3 is 4.90 Å². The fourth-order valence-electron chi connectivity index (χ4n) is 4.86. The van der Waals surface area contributed by atoms with Gasteiger partial charge in [0.1, 0.15) is 0 Å². The van der Waals surface area contributed by atoms with E-state index in [4.69, 9.17) is 0 Å². The minimum absolute atomic E-state index is 0.220. The Balaban J connectivity index is 3.20. The average Bonchev–Trinajstić information content (AvgIpc) is 2.47. The van der Waals surface area contributed by atoms with Gasteiger partial charge in [-0.2, -0.15) is 0 Å². The summed E-state index contributed by atoms with van der Waals surface area (Å²) in [4.78, 5) is 2.57. The van der Waals surface area contributed by atoms with Crippen molar-refractivity contribution < 1.29 is 0 Å². The van der Waals surface area contributed by atoms with Gasteiger partial charge in [-0.05, 0) is 67.9 Å². The Kier molecular flexibility index (Phi) is 6.82. The zero-order chi connectivity index (χ0) is 17.9. The molecule has 0 radical (unpaired) electrons. The van der Waals surface area contributed by atoms with Crippen LogP contribution in [0.3, 0.4) is 0 Å². The molecule has 1 aliphatic heterocycles. The fourth-order valence-corrected chi connectivity index (χ4v) is 4.86. The summed E-state index contributed by atoms with van der Waals surface area (Å²) in [6, 6.07) is 0. The van der Waals surface area contributed by atoms with Crippen LogP contribution in [0.15, 0.2) is 12.8 Å². The molecule has 0 aliphatic carbocycles. The van der Waals surface area contributed by atoms with Crippen molar-refractivity contribution in [1.82, 2.24) is 4.90 Å². The Morgan fingerprint density at radius 2 is 1.70 bits per heavy atom. The van der Waals surface area contributed by atoms with E-state index in [1.54, 1.807) is 0 Å². The summed E-state index contributed by atoms with van der Waals surface area (Å²) in [5.74, 6) is 1.68. The summed E-state index contributed by atoms with van der Waals surface area (Å²) in [5, 5.41) is 0. The van der Waals surface area contributed by atoms with Gasteiger partial charge in [-0.15, -0.1) is 0 Å². The summed E-state index contributed by atoms with van der Waals surface area (Å²) < 4.78 is 0. The van der Waals surface area contributed by atoms with Crippen molar-refractivity contribution in [3.05, 3.63) is 12.8 Å². The third kappa shape index (κ3) is 5.54. The summed E-state index contributed by atoms with van der Waals surface area (Å²) in [7, 11) is 0. The molecule has 0 aromatic carbocycles. The molecule has 1 nitrogen and oxygen atoms in total. The van der Waals surface area contributed by atoms with E-state index in [1.807, 2.05) is 0 Å². The molecule has 1 heterocycles. The molecule has 1 rings (SSSR count). The Labute approximate surface area is 146 Å². The summed E-state index contributed by atoms with van der Waals surface area (Å²) >= 11 is 0. The highest BCUT2D eigenvalue weighted by molar-refractivity contribution is 4.97. The van der Waals surface area contributed by atoms with Crippen LogP contribution in [0.2, 0.25) is 0 Å². The highest BCUT2D eigenvalue weighted by atomic mass is 15.2. The topological polar surface area (TPSA) is 3.24 Å². The third-order valence-electron chi connectivity index (χ3n) is 6.55. The first kappa shape index (κ1) is 20.6. The average molecular weight is 322 g/mol. The smallest absolute Gasteiger partial charge is 0.0371 e. The molecule has 0 bridgehead atoms. The van der Waals surface area contributed by atoms with E-state index in [0.29, 0.717) is 10.8 Å². The van der Waals surface area contributed by atoms with E-state index < -0.39 is 0 Å². The SMILES string of the molecule is C=CN1CC(C)(C)CC(CC)C(C)CCC(C)(C)CC1(C)CC. The molecule has 0 N–H and O–H groups in total. The summed E-state index contributed by atoms with van der Waals surface area (Å²) in [6.45, 7) is 24.8. The second kappa shape index (κ2) is 7.62. The van der Waals surface area contributed by atoms with Crippen molar-refractivity contribution in [2.24, 2.45) is 22.7 Å². The van der Waals surface area contributed by atoms with Crippen LogP contribution in [0.5, 0.6) is 0 Å². The van der Waals surface area contributed by atoms with E-state index in [0.717, 1.165) is 18.4 Å². The van der Waals surface area contributed by atoms with Crippen molar-refractivity contribution in [3.8, 4) is 0 Å². The van der Waals surface area contributed by atoms with E-state index in [1.165, 1.54) is 38.5 Å². The van der Waals surface area contributed by atoms with Crippen LogP contribution in [0, 0.1) is 22.7 Å². The van der Waals surface area contributed by atoms with Crippen molar-refractivity contribution in [2.75, 3.05) is 6.54 Å². The van der Waals surface area contributed by atoms with E-state index in [9.17, 15) is 0 Å². The number of hydrogen-bond donors (Lipinski definition) is 0. The van der Waals surface area contributed by atoms with Crippen molar-refractivity contribution in [3.63, 3.8) is 0 Å². The number of hydrogen-bond acceptors (Lipinski definition) is 1. The van der Waals surface area contributed by atoms with Gasteiger partial charge in [-0.1, -0.05) is 61.5 Å². The van der Waals surface area contributed by atoms with Gasteiger partial charge in [0.05, 0.1) is 0 Å². The standard InChI is InChI=1S/C22H43N/c1-10-19-15-21(7,8)17-23(12-3)22(9,11-2)16-20(5,6)14-13-18(19)4/h12,18-19H,3,10-11,13-17H2,1-2,4-9H3. The summed E-state index contributed by atoms with van der Waals surface area (Å²) in [5.41, 5.74) is 0.957. The van der Waals surface area contributed by atoms with Crippen molar-refractivity contribution in [1.29, 1.82) is 0 Å². The Morgan fingerprint density at radius 3 is 2.17 bits per heavy atom. The largest absolute Gasteiger partial charge is 0.372 e. The molecule has 3 atom stereocenters. The second-order valence-corrected chi connectivity index (χ2v) is 10.1. The maximum absolute atomic E-state index is 4.17. The molecular formula is C22H43N. The van der Waals surface area contributed by atoms with Gasteiger partial charge >= 0.3 is 0 Å². The van der Waals surface area contributed by atoms with Gasteiger partial charge in [0.2, 0.25) is 0 Å². The lowest BCUT2D eigenvalue weighted by atomic mass is 9.72. The first-order valence-corrected chi connectivity index (χ1v) is 9.88. The van der Waals surface area contributed by atoms with Crippen molar-refractivity contribution >= 4 is 0 Å². The monoisotopic (exact) mass is 321 g/mol. The molecule has 0 spiro atoms. The predicted octanol–water partition coefficient (Wildman–Crippen LogP) is 6.89. The summed E-state index contributed by atoms with van der Waals surface area (Å²) in [6.07, 6.45) is 9.90. The molecule has 23 heavy (non-hydrogen) atoms. The van der Waals surface area contributed by atoms with E-state index >= 15 is 0 Å². The zero-order valence-corrected chi connectivity index (χ0v) is 17.3. The predicted molar refractivity (Wildman–Crippen MR) is 105 cm³/mol. The van der Waals surface area contributed by atoms with Gasteiger partial charge in [0.25, 0.3) is 0 Å². The van der Waals surface area contributed by atoms with Crippen LogP contribution in [-0.2, 0) is 0 Å². The molecule has 0 aromatic rings. The van der Waals surface area contributed by atoms with E-state index in [2.05, 4.69) is 73.1 Å². The number of nitrogens with zero attached hydrogens (tertiary/aromatic N) is 1. The molecule has 136 valence electrons. The molecule has 1 saturated heterocycles. The Morgan fingerprint density at radius 1 is 1.09 bits per heavy atom. The second-order valence-electron chi connectivity index (χ2n) is 10.1. The van der Waals surface area contributed by atoms with E-state index in [-0.39, 0.29) is 5.54 Å².